The molecule has 2 atom stereocenters. The van der Waals surface area contributed by atoms with Gasteiger partial charge in [0, 0.05) is 12.5 Å². The molecule has 1 aliphatic heterocycles. The molecule has 0 saturated carbocycles. The molecule has 2 unspecified atom stereocenters. The Morgan fingerprint density at radius 3 is 2.69 bits per heavy atom. The molecule has 1 aliphatic rings. The molecule has 1 N–H and O–H groups in total. The molecule has 1 saturated heterocycles. The lowest BCUT2D eigenvalue weighted by Crippen LogP contribution is -2.39. The maximum Gasteiger partial charge on any atom is 0.389 e. The number of nitrogens with one attached hydrogen (secondary N) is 1. The van der Waals surface area contributed by atoms with E-state index in [1.807, 2.05) is 6.92 Å². The summed E-state index contributed by atoms with van der Waals surface area (Å²) in [6.45, 7) is 3.19. The quantitative estimate of drug-likeness (QED) is 0.790. The van der Waals surface area contributed by atoms with Crippen molar-refractivity contribution >= 4 is 5.78 Å². The SMILES string of the molecule is CCNC1COCC1C(=O)CCC(F)(F)F. The Labute approximate surface area is 92.3 Å². The molecule has 1 heterocycles. The third kappa shape index (κ3) is 4.09. The summed E-state index contributed by atoms with van der Waals surface area (Å²) in [7, 11) is 0. The molecule has 3 nitrogen and oxygen atoms in total. The van der Waals surface area contributed by atoms with Gasteiger partial charge < -0.3 is 10.1 Å². The number of likely N-dealkylation sites (N-methyl/N-ethyl adjacent to an activating group) is 1. The van der Waals surface area contributed by atoms with Crippen LogP contribution in [0.2, 0.25) is 0 Å². The van der Waals surface area contributed by atoms with E-state index in [-0.39, 0.29) is 18.4 Å². The Hall–Kier alpha value is -0.620. The fourth-order valence-electron chi connectivity index (χ4n) is 1.79. The molecule has 1 fully saturated rings. The lowest BCUT2D eigenvalue weighted by Gasteiger charge is -2.17. The maximum atomic E-state index is 11.9. The van der Waals surface area contributed by atoms with E-state index in [0.717, 1.165) is 0 Å². The normalized spacial score (nSPS) is 26.0. The molecule has 0 spiro atoms. The van der Waals surface area contributed by atoms with Gasteiger partial charge in [0.25, 0.3) is 0 Å². The van der Waals surface area contributed by atoms with Gasteiger partial charge in [-0.3, -0.25) is 4.79 Å². The van der Waals surface area contributed by atoms with E-state index in [9.17, 15) is 18.0 Å². The van der Waals surface area contributed by atoms with Crippen LogP contribution in [-0.2, 0) is 9.53 Å². The molecule has 94 valence electrons. The molecule has 6 heteroatoms. The second-order valence-electron chi connectivity index (χ2n) is 3.89. The van der Waals surface area contributed by atoms with Gasteiger partial charge in [-0.05, 0) is 6.54 Å². The minimum absolute atomic E-state index is 0.134. The molecule has 0 aromatic rings. The molecule has 0 radical (unpaired) electrons. The third-order valence-corrected chi connectivity index (χ3v) is 2.62. The van der Waals surface area contributed by atoms with Crippen LogP contribution in [0.25, 0.3) is 0 Å². The van der Waals surface area contributed by atoms with Crippen molar-refractivity contribution in [1.29, 1.82) is 0 Å². The average Bonchev–Trinajstić information content (AvgIpc) is 2.62. The van der Waals surface area contributed by atoms with Crippen molar-refractivity contribution in [3.05, 3.63) is 0 Å². The lowest BCUT2D eigenvalue weighted by molar-refractivity contribution is -0.145. The first-order valence-electron chi connectivity index (χ1n) is 5.34. The van der Waals surface area contributed by atoms with Gasteiger partial charge in [0.05, 0.1) is 25.6 Å². The van der Waals surface area contributed by atoms with E-state index >= 15 is 0 Å². The number of carbonyl (C=O) groups excluding carboxylic acids is 1. The highest BCUT2D eigenvalue weighted by Gasteiger charge is 2.35. The predicted molar refractivity (Wildman–Crippen MR) is 52.1 cm³/mol. The van der Waals surface area contributed by atoms with E-state index in [1.165, 1.54) is 0 Å². The van der Waals surface area contributed by atoms with Gasteiger partial charge in [-0.1, -0.05) is 6.92 Å². The van der Waals surface area contributed by atoms with Crippen LogP contribution in [0.5, 0.6) is 0 Å². The summed E-state index contributed by atoms with van der Waals surface area (Å²) >= 11 is 0. The fourth-order valence-corrected chi connectivity index (χ4v) is 1.79. The molecule has 0 aliphatic carbocycles. The van der Waals surface area contributed by atoms with Crippen LogP contribution in [0.1, 0.15) is 19.8 Å². The highest BCUT2D eigenvalue weighted by molar-refractivity contribution is 5.82. The number of halogens is 3. The van der Waals surface area contributed by atoms with Crippen molar-refractivity contribution in [3.63, 3.8) is 0 Å². The second kappa shape index (κ2) is 5.63. The Bertz CT molecular complexity index is 243. The van der Waals surface area contributed by atoms with E-state index in [1.54, 1.807) is 0 Å². The van der Waals surface area contributed by atoms with Gasteiger partial charge in [0.15, 0.2) is 0 Å². The zero-order valence-electron chi connectivity index (χ0n) is 9.14. The second-order valence-corrected chi connectivity index (χ2v) is 3.89. The topological polar surface area (TPSA) is 38.3 Å². The van der Waals surface area contributed by atoms with Crippen molar-refractivity contribution in [2.45, 2.75) is 32.0 Å². The molecule has 0 amide bonds. The van der Waals surface area contributed by atoms with Gasteiger partial charge in [-0.15, -0.1) is 0 Å². The van der Waals surface area contributed by atoms with Gasteiger partial charge in [0.2, 0.25) is 0 Å². The van der Waals surface area contributed by atoms with Gasteiger partial charge in [0.1, 0.15) is 5.78 Å². The van der Waals surface area contributed by atoms with Gasteiger partial charge in [-0.25, -0.2) is 0 Å². The highest BCUT2D eigenvalue weighted by atomic mass is 19.4. The first-order valence-corrected chi connectivity index (χ1v) is 5.34. The number of rotatable bonds is 5. The minimum Gasteiger partial charge on any atom is -0.379 e. The molecule has 0 aromatic heterocycles. The summed E-state index contributed by atoms with van der Waals surface area (Å²) in [5.74, 6) is -0.789. The van der Waals surface area contributed by atoms with Crippen molar-refractivity contribution < 1.29 is 22.7 Å². The Balaban J connectivity index is 2.40. The first-order chi connectivity index (χ1) is 7.44. The van der Waals surface area contributed by atoms with Crippen molar-refractivity contribution in [2.24, 2.45) is 5.92 Å². The summed E-state index contributed by atoms with van der Waals surface area (Å²) in [4.78, 5) is 11.6. The zero-order chi connectivity index (χ0) is 12.2. The molecular weight excluding hydrogens is 223 g/mol. The predicted octanol–water partition coefficient (Wildman–Crippen LogP) is 1.52. The van der Waals surface area contributed by atoms with Crippen LogP contribution in [0.15, 0.2) is 0 Å². The average molecular weight is 239 g/mol. The fraction of sp³-hybridized carbons (Fsp3) is 0.900. The number of hydrogen-bond acceptors (Lipinski definition) is 3. The van der Waals surface area contributed by atoms with Crippen molar-refractivity contribution in [3.8, 4) is 0 Å². The summed E-state index contributed by atoms with van der Waals surface area (Å²) in [5.41, 5.74) is 0. The molecular formula is C10H16F3NO2. The summed E-state index contributed by atoms with van der Waals surface area (Å²) in [5, 5.41) is 3.05. The molecule has 0 aromatic carbocycles. The lowest BCUT2D eigenvalue weighted by atomic mass is 9.95. The molecule has 16 heavy (non-hydrogen) atoms. The first kappa shape index (κ1) is 13.4. The molecule has 0 bridgehead atoms. The van der Waals surface area contributed by atoms with Crippen LogP contribution < -0.4 is 5.32 Å². The number of ether oxygens (including phenoxy) is 1. The van der Waals surface area contributed by atoms with E-state index < -0.39 is 24.9 Å². The number of carbonyl (C=O) groups is 1. The van der Waals surface area contributed by atoms with Gasteiger partial charge >= 0.3 is 6.18 Å². The number of alkyl halides is 3. The van der Waals surface area contributed by atoms with E-state index in [2.05, 4.69) is 5.32 Å². The standard InChI is InChI=1S/C10H16F3NO2/c1-2-14-8-6-16-5-7(8)9(15)3-4-10(11,12)13/h7-8,14H,2-6H2,1H3. The Kier molecular flexibility index (Phi) is 4.73. The van der Waals surface area contributed by atoms with Crippen LogP contribution in [0.3, 0.4) is 0 Å². The molecule has 1 rings (SSSR count). The number of Topliss-reactive ketones (excluding diaryl/α,β-unsaturated/α-hetero) is 1. The highest BCUT2D eigenvalue weighted by Crippen LogP contribution is 2.24. The van der Waals surface area contributed by atoms with Crippen molar-refractivity contribution in [1.82, 2.24) is 5.32 Å². The monoisotopic (exact) mass is 239 g/mol. The summed E-state index contributed by atoms with van der Waals surface area (Å²) in [6.07, 6.45) is -5.75. The Morgan fingerprint density at radius 1 is 1.44 bits per heavy atom. The number of ketones is 1. The maximum absolute atomic E-state index is 11.9. The van der Waals surface area contributed by atoms with Crippen molar-refractivity contribution in [2.75, 3.05) is 19.8 Å². The number of hydrogen-bond donors (Lipinski definition) is 1. The van der Waals surface area contributed by atoms with Gasteiger partial charge in [-0.2, -0.15) is 13.2 Å². The Morgan fingerprint density at radius 2 is 2.12 bits per heavy atom. The van der Waals surface area contributed by atoms with Crippen LogP contribution in [0.4, 0.5) is 13.2 Å². The van der Waals surface area contributed by atoms with Crippen LogP contribution >= 0.6 is 0 Å². The largest absolute Gasteiger partial charge is 0.389 e. The van der Waals surface area contributed by atoms with E-state index in [4.69, 9.17) is 4.74 Å². The third-order valence-electron chi connectivity index (χ3n) is 2.62. The van der Waals surface area contributed by atoms with Crippen LogP contribution in [0, 0.1) is 5.92 Å². The minimum atomic E-state index is -4.26. The van der Waals surface area contributed by atoms with E-state index in [0.29, 0.717) is 13.2 Å². The summed E-state index contributed by atoms with van der Waals surface area (Å²) < 4.78 is 41.0. The zero-order valence-corrected chi connectivity index (χ0v) is 9.14. The van der Waals surface area contributed by atoms with Crippen LogP contribution in [-0.4, -0.2) is 37.8 Å². The smallest absolute Gasteiger partial charge is 0.379 e. The summed E-state index contributed by atoms with van der Waals surface area (Å²) in [6, 6.07) is -0.134.